The predicted octanol–water partition coefficient (Wildman–Crippen LogP) is 10.1. The summed E-state index contributed by atoms with van der Waals surface area (Å²) in [6.07, 6.45) is 32.9. The second-order valence-electron chi connectivity index (χ2n) is 9.19. The Morgan fingerprint density at radius 2 is 0.630 bits per heavy atom. The molecule has 0 N–H and O–H groups in total. The first-order chi connectivity index (χ1) is 13.2. The second kappa shape index (κ2) is 21.1. The van der Waals surface area contributed by atoms with Gasteiger partial charge in [-0.1, -0.05) is 111 Å². The lowest BCUT2D eigenvalue weighted by Gasteiger charge is -2.27. The van der Waals surface area contributed by atoms with Crippen molar-refractivity contribution in [3.63, 3.8) is 0 Å². The average molecular weight is 400 g/mol. The molecule has 0 aliphatic carbocycles. The lowest BCUT2D eigenvalue weighted by Crippen LogP contribution is -2.12. The zero-order valence-corrected chi connectivity index (χ0v) is 20.9. The molecule has 0 fully saturated rings. The first-order valence-electron chi connectivity index (χ1n) is 13.1. The van der Waals surface area contributed by atoms with Gasteiger partial charge in [0.1, 0.15) is 0 Å². The quantitative estimate of drug-likeness (QED) is 0.125. The molecule has 0 aromatic carbocycles. The fourth-order valence-corrected chi connectivity index (χ4v) is 9.76. The van der Waals surface area contributed by atoms with E-state index in [0.29, 0.717) is 0 Å². The Morgan fingerprint density at radius 1 is 0.296 bits per heavy atom. The van der Waals surface area contributed by atoms with E-state index in [4.69, 9.17) is 0 Å². The Morgan fingerprint density at radius 3 is 1.00 bits per heavy atom. The SMILES string of the molecule is CCCCCCCCCCCCCCC[P+](CCC)(CCCC)CCCC. The van der Waals surface area contributed by atoms with Gasteiger partial charge in [0.05, 0.1) is 24.6 Å². The number of unbranched alkanes of at least 4 members (excludes halogenated alkanes) is 14. The molecular weight excluding hydrogens is 343 g/mol. The van der Waals surface area contributed by atoms with Gasteiger partial charge in [-0.05, 0) is 32.1 Å². The van der Waals surface area contributed by atoms with Gasteiger partial charge in [0, 0.05) is 7.26 Å². The molecule has 1 heteroatoms. The van der Waals surface area contributed by atoms with Crippen molar-refractivity contribution in [3.05, 3.63) is 0 Å². The van der Waals surface area contributed by atoms with Crippen LogP contribution in [0.4, 0.5) is 0 Å². The van der Waals surface area contributed by atoms with Crippen LogP contribution in [-0.4, -0.2) is 24.6 Å². The summed E-state index contributed by atoms with van der Waals surface area (Å²) < 4.78 is 0. The van der Waals surface area contributed by atoms with Crippen LogP contribution in [0.15, 0.2) is 0 Å². The molecule has 0 aliphatic heterocycles. The van der Waals surface area contributed by atoms with Crippen molar-refractivity contribution in [2.24, 2.45) is 0 Å². The van der Waals surface area contributed by atoms with Gasteiger partial charge in [-0.25, -0.2) is 0 Å². The van der Waals surface area contributed by atoms with E-state index in [-0.39, 0.29) is 0 Å². The molecule has 0 amide bonds. The molecule has 0 rings (SSSR count). The average Bonchev–Trinajstić information content (AvgIpc) is 2.68. The van der Waals surface area contributed by atoms with E-state index in [2.05, 4.69) is 27.7 Å². The third-order valence-electron chi connectivity index (χ3n) is 6.41. The number of hydrogen-bond acceptors (Lipinski definition) is 0. The lowest BCUT2D eigenvalue weighted by molar-refractivity contribution is 0.542. The van der Waals surface area contributed by atoms with Gasteiger partial charge in [0.15, 0.2) is 0 Å². The summed E-state index contributed by atoms with van der Waals surface area (Å²) in [5.74, 6) is 0. The Kier molecular flexibility index (Phi) is 21.5. The Labute approximate surface area is 175 Å². The molecule has 0 heterocycles. The van der Waals surface area contributed by atoms with E-state index in [1.165, 1.54) is 109 Å². The van der Waals surface area contributed by atoms with Crippen molar-refractivity contribution in [3.8, 4) is 0 Å². The molecule has 0 nitrogen and oxygen atoms in total. The van der Waals surface area contributed by atoms with E-state index < -0.39 is 7.26 Å². The van der Waals surface area contributed by atoms with Crippen molar-refractivity contribution < 1.29 is 0 Å². The molecule has 0 unspecified atom stereocenters. The molecule has 0 atom stereocenters. The molecule has 0 spiro atoms. The van der Waals surface area contributed by atoms with Crippen LogP contribution in [0.3, 0.4) is 0 Å². The van der Waals surface area contributed by atoms with Crippen LogP contribution in [0.2, 0.25) is 0 Å². The van der Waals surface area contributed by atoms with Crippen LogP contribution in [0, 0.1) is 0 Å². The van der Waals surface area contributed by atoms with Crippen molar-refractivity contribution in [2.75, 3.05) is 24.6 Å². The van der Waals surface area contributed by atoms with E-state index >= 15 is 0 Å². The summed E-state index contributed by atoms with van der Waals surface area (Å²) >= 11 is 0. The molecule has 0 radical (unpaired) electrons. The maximum Gasteiger partial charge on any atom is 0.0594 e. The molecule has 0 saturated carbocycles. The standard InChI is InChI=1S/C26H56P/c1-5-9-12-13-14-15-16-17-18-19-20-21-22-26-27(23-8-4,24-10-6-2)25-11-7-3/h5-26H2,1-4H3/q+1. The maximum atomic E-state index is 2.43. The third-order valence-corrected chi connectivity index (χ3v) is 11.6. The van der Waals surface area contributed by atoms with Gasteiger partial charge in [-0.3, -0.25) is 0 Å². The summed E-state index contributed by atoms with van der Waals surface area (Å²) in [4.78, 5) is 0. The van der Waals surface area contributed by atoms with Crippen LogP contribution >= 0.6 is 7.26 Å². The smallest absolute Gasteiger partial charge is 0.0594 e. The maximum absolute atomic E-state index is 2.43. The van der Waals surface area contributed by atoms with Crippen molar-refractivity contribution in [2.45, 2.75) is 143 Å². The fourth-order valence-electron chi connectivity index (χ4n) is 4.60. The van der Waals surface area contributed by atoms with Gasteiger partial charge in [0.25, 0.3) is 0 Å². The molecule has 0 aromatic heterocycles. The van der Waals surface area contributed by atoms with Gasteiger partial charge < -0.3 is 0 Å². The Hall–Kier alpha value is 0.430. The zero-order chi connectivity index (χ0) is 20.1. The largest absolute Gasteiger partial charge is 0.0654 e. The molecule has 0 saturated heterocycles. The minimum absolute atomic E-state index is 0.612. The van der Waals surface area contributed by atoms with Crippen LogP contribution in [-0.2, 0) is 0 Å². The highest BCUT2D eigenvalue weighted by Crippen LogP contribution is 2.61. The van der Waals surface area contributed by atoms with Crippen molar-refractivity contribution in [1.82, 2.24) is 0 Å². The topological polar surface area (TPSA) is 0 Å². The molecule has 0 aromatic rings. The van der Waals surface area contributed by atoms with Crippen molar-refractivity contribution >= 4 is 7.26 Å². The summed E-state index contributed by atoms with van der Waals surface area (Å²) in [5.41, 5.74) is 0. The minimum atomic E-state index is -0.612. The van der Waals surface area contributed by atoms with Crippen LogP contribution < -0.4 is 0 Å². The Bertz CT molecular complexity index is 265. The monoisotopic (exact) mass is 399 g/mol. The number of rotatable bonds is 22. The van der Waals surface area contributed by atoms with Gasteiger partial charge >= 0.3 is 0 Å². The van der Waals surface area contributed by atoms with Gasteiger partial charge in [-0.2, -0.15) is 0 Å². The second-order valence-corrected chi connectivity index (χ2v) is 13.7. The predicted molar refractivity (Wildman–Crippen MR) is 132 cm³/mol. The molecule has 0 bridgehead atoms. The number of hydrogen-bond donors (Lipinski definition) is 0. The molecular formula is C26H56P+. The molecule has 27 heavy (non-hydrogen) atoms. The van der Waals surface area contributed by atoms with Gasteiger partial charge in [0.2, 0.25) is 0 Å². The van der Waals surface area contributed by atoms with Crippen LogP contribution in [0.1, 0.15) is 143 Å². The molecule has 164 valence electrons. The summed E-state index contributed by atoms with van der Waals surface area (Å²) in [6.45, 7) is 9.50. The normalized spacial score (nSPS) is 12.0. The third kappa shape index (κ3) is 17.0. The highest BCUT2D eigenvalue weighted by atomic mass is 31.2. The van der Waals surface area contributed by atoms with Crippen LogP contribution in [0.25, 0.3) is 0 Å². The van der Waals surface area contributed by atoms with E-state index in [0.717, 1.165) is 0 Å². The zero-order valence-electron chi connectivity index (χ0n) is 20.0. The summed E-state index contributed by atoms with van der Waals surface area (Å²) in [6, 6.07) is 0. The lowest BCUT2D eigenvalue weighted by atomic mass is 10.1. The van der Waals surface area contributed by atoms with Crippen molar-refractivity contribution in [1.29, 1.82) is 0 Å². The minimum Gasteiger partial charge on any atom is -0.0654 e. The van der Waals surface area contributed by atoms with E-state index in [9.17, 15) is 0 Å². The fraction of sp³-hybridized carbons (Fsp3) is 1.00. The highest BCUT2D eigenvalue weighted by molar-refractivity contribution is 7.75. The van der Waals surface area contributed by atoms with E-state index in [1.54, 1.807) is 31.1 Å². The first-order valence-corrected chi connectivity index (χ1v) is 15.6. The highest BCUT2D eigenvalue weighted by Gasteiger charge is 2.34. The molecule has 0 aliphatic rings. The summed E-state index contributed by atoms with van der Waals surface area (Å²) in [7, 11) is -0.612. The first kappa shape index (κ1) is 27.4. The van der Waals surface area contributed by atoms with E-state index in [1.807, 2.05) is 0 Å². The van der Waals surface area contributed by atoms with Gasteiger partial charge in [-0.15, -0.1) is 0 Å². The Balaban J connectivity index is 3.74. The summed E-state index contributed by atoms with van der Waals surface area (Å²) in [5, 5.41) is 0. The van der Waals surface area contributed by atoms with Crippen LogP contribution in [0.5, 0.6) is 0 Å².